The van der Waals surface area contributed by atoms with E-state index >= 15 is 0 Å². The van der Waals surface area contributed by atoms with Gasteiger partial charge < -0.3 is 24.4 Å². The molecule has 2 atom stereocenters. The lowest BCUT2D eigenvalue weighted by atomic mass is 9.98. The lowest BCUT2D eigenvalue weighted by molar-refractivity contribution is -0.906. The average Bonchev–Trinajstić information content (AvgIpc) is 2.66. The van der Waals surface area contributed by atoms with Crippen LogP contribution in [0.3, 0.4) is 0 Å². The molecule has 2 rings (SSSR count). The number of methoxy groups -OCH3 is 2. The number of hydrogen-bond acceptors (Lipinski definition) is 5. The SMILES string of the molecule is CCOC(=O)[C@H]1CCC[NH+](CCC(=O)Nc2cc(OC)ccc2OC)C1. The minimum Gasteiger partial charge on any atom is -0.497 e. The number of ether oxygens (including phenoxy) is 3. The second-order valence-corrected chi connectivity index (χ2v) is 6.41. The van der Waals surface area contributed by atoms with Gasteiger partial charge in [-0.25, -0.2) is 0 Å². The number of carbonyl (C=O) groups is 2. The van der Waals surface area contributed by atoms with E-state index in [4.69, 9.17) is 14.2 Å². The van der Waals surface area contributed by atoms with Crippen LogP contribution in [0.25, 0.3) is 0 Å². The Morgan fingerprint density at radius 3 is 2.77 bits per heavy atom. The third-order valence-corrected chi connectivity index (χ3v) is 4.62. The van der Waals surface area contributed by atoms with Crippen LogP contribution in [0, 0.1) is 5.92 Å². The molecular weight excluding hydrogens is 336 g/mol. The predicted octanol–water partition coefficient (Wildman–Crippen LogP) is 0.890. The zero-order valence-electron chi connectivity index (χ0n) is 15.8. The summed E-state index contributed by atoms with van der Waals surface area (Å²) in [5.74, 6) is 0.990. The van der Waals surface area contributed by atoms with E-state index in [0.29, 0.717) is 36.8 Å². The van der Waals surface area contributed by atoms with Crippen molar-refractivity contribution in [3.05, 3.63) is 18.2 Å². The van der Waals surface area contributed by atoms with E-state index in [2.05, 4.69) is 5.32 Å². The zero-order chi connectivity index (χ0) is 18.9. The van der Waals surface area contributed by atoms with Crippen molar-refractivity contribution in [2.24, 2.45) is 5.92 Å². The molecule has 1 aromatic carbocycles. The molecule has 2 N–H and O–H groups in total. The van der Waals surface area contributed by atoms with Gasteiger partial charge in [-0.2, -0.15) is 0 Å². The molecule has 1 aromatic rings. The van der Waals surface area contributed by atoms with Crippen molar-refractivity contribution in [2.75, 3.05) is 45.8 Å². The number of likely N-dealkylation sites (tertiary alicyclic amines) is 1. The van der Waals surface area contributed by atoms with Crippen molar-refractivity contribution in [3.8, 4) is 11.5 Å². The fourth-order valence-electron chi connectivity index (χ4n) is 3.25. The third kappa shape index (κ3) is 5.62. The van der Waals surface area contributed by atoms with Crippen LogP contribution in [-0.2, 0) is 14.3 Å². The maximum Gasteiger partial charge on any atom is 0.314 e. The van der Waals surface area contributed by atoms with E-state index in [1.54, 1.807) is 32.4 Å². The molecule has 7 heteroatoms. The van der Waals surface area contributed by atoms with Gasteiger partial charge in [0.15, 0.2) is 0 Å². The van der Waals surface area contributed by atoms with Gasteiger partial charge in [0.2, 0.25) is 5.91 Å². The summed E-state index contributed by atoms with van der Waals surface area (Å²) in [5.41, 5.74) is 0.592. The summed E-state index contributed by atoms with van der Waals surface area (Å²) in [6.07, 6.45) is 2.23. The van der Waals surface area contributed by atoms with E-state index in [1.165, 1.54) is 4.90 Å². The molecular formula is C19H29N2O5+. The zero-order valence-corrected chi connectivity index (χ0v) is 15.8. The van der Waals surface area contributed by atoms with Crippen LogP contribution in [0.1, 0.15) is 26.2 Å². The van der Waals surface area contributed by atoms with Crippen LogP contribution in [-0.4, -0.2) is 52.3 Å². The summed E-state index contributed by atoms with van der Waals surface area (Å²) in [4.78, 5) is 25.5. The Kier molecular flexibility index (Phi) is 7.72. The highest BCUT2D eigenvalue weighted by molar-refractivity contribution is 5.92. The molecule has 0 spiro atoms. The molecule has 1 amide bonds. The van der Waals surface area contributed by atoms with Crippen molar-refractivity contribution >= 4 is 17.6 Å². The number of esters is 1. The van der Waals surface area contributed by atoms with Gasteiger partial charge in [-0.1, -0.05) is 0 Å². The molecule has 0 aliphatic carbocycles. The van der Waals surface area contributed by atoms with Crippen LogP contribution < -0.4 is 19.7 Å². The first-order valence-corrected chi connectivity index (χ1v) is 9.09. The molecule has 1 heterocycles. The Balaban J connectivity index is 1.86. The fraction of sp³-hybridized carbons (Fsp3) is 0.579. The quantitative estimate of drug-likeness (QED) is 0.669. The normalized spacial score (nSPS) is 19.5. The molecule has 1 saturated heterocycles. The van der Waals surface area contributed by atoms with Gasteiger partial charge in [-0.3, -0.25) is 9.59 Å². The van der Waals surface area contributed by atoms with Crippen LogP contribution in [0.5, 0.6) is 11.5 Å². The lowest BCUT2D eigenvalue weighted by Gasteiger charge is -2.28. The van der Waals surface area contributed by atoms with Crippen LogP contribution in [0.2, 0.25) is 0 Å². The average molecular weight is 365 g/mol. The lowest BCUT2D eigenvalue weighted by Crippen LogP contribution is -3.13. The number of hydrogen-bond donors (Lipinski definition) is 2. The van der Waals surface area contributed by atoms with Crippen molar-refractivity contribution in [1.82, 2.24) is 0 Å². The standard InChI is InChI=1S/C19H28N2O5/c1-4-26-19(23)14-6-5-10-21(13-14)11-9-18(22)20-16-12-15(24-2)7-8-17(16)25-3/h7-8,12,14H,4-6,9-11,13H2,1-3H3,(H,20,22)/p+1/t14-/m0/s1. The van der Waals surface area contributed by atoms with E-state index < -0.39 is 0 Å². The number of carbonyl (C=O) groups excluding carboxylic acids is 2. The number of quaternary nitrogens is 1. The Morgan fingerprint density at radius 1 is 1.27 bits per heavy atom. The van der Waals surface area contributed by atoms with Gasteiger partial charge in [0.25, 0.3) is 0 Å². The van der Waals surface area contributed by atoms with E-state index in [0.717, 1.165) is 25.9 Å². The van der Waals surface area contributed by atoms with Crippen molar-refractivity contribution < 1.29 is 28.7 Å². The maximum atomic E-state index is 12.3. The summed E-state index contributed by atoms with van der Waals surface area (Å²) in [5, 5.41) is 2.88. The molecule has 1 aliphatic rings. The van der Waals surface area contributed by atoms with Crippen LogP contribution >= 0.6 is 0 Å². The molecule has 26 heavy (non-hydrogen) atoms. The second kappa shape index (κ2) is 10.0. The highest BCUT2D eigenvalue weighted by atomic mass is 16.5. The van der Waals surface area contributed by atoms with Crippen LogP contribution in [0.4, 0.5) is 5.69 Å². The molecule has 7 nitrogen and oxygen atoms in total. The number of benzene rings is 1. The predicted molar refractivity (Wildman–Crippen MR) is 97.7 cm³/mol. The van der Waals surface area contributed by atoms with Gasteiger partial charge in [0, 0.05) is 6.07 Å². The Labute approximate surface area is 154 Å². The van der Waals surface area contributed by atoms with Gasteiger partial charge in [-0.05, 0) is 31.9 Å². The number of rotatable bonds is 8. The summed E-state index contributed by atoms with van der Waals surface area (Å²) in [6, 6.07) is 5.28. The van der Waals surface area contributed by atoms with Gasteiger partial charge in [0.05, 0.1) is 52.6 Å². The first-order chi connectivity index (χ1) is 12.6. The molecule has 1 aliphatic heterocycles. The second-order valence-electron chi connectivity index (χ2n) is 6.41. The molecule has 0 radical (unpaired) electrons. The molecule has 1 unspecified atom stereocenters. The van der Waals surface area contributed by atoms with E-state index in [1.807, 2.05) is 6.92 Å². The van der Waals surface area contributed by atoms with Crippen molar-refractivity contribution in [3.63, 3.8) is 0 Å². The van der Waals surface area contributed by atoms with Crippen molar-refractivity contribution in [1.29, 1.82) is 0 Å². The Bertz CT molecular complexity index is 620. The Hall–Kier alpha value is -2.28. The van der Waals surface area contributed by atoms with Crippen molar-refractivity contribution in [2.45, 2.75) is 26.2 Å². The monoisotopic (exact) mass is 365 g/mol. The molecule has 0 aromatic heterocycles. The molecule has 144 valence electrons. The number of nitrogens with one attached hydrogen (secondary N) is 2. The minimum atomic E-state index is -0.115. The molecule has 0 bridgehead atoms. The van der Waals surface area contributed by atoms with Gasteiger partial charge >= 0.3 is 5.97 Å². The maximum absolute atomic E-state index is 12.3. The highest BCUT2D eigenvalue weighted by Gasteiger charge is 2.29. The highest BCUT2D eigenvalue weighted by Crippen LogP contribution is 2.28. The molecule has 0 saturated carbocycles. The number of piperidine rings is 1. The summed E-state index contributed by atoms with van der Waals surface area (Å²) in [7, 11) is 3.14. The first kappa shape index (κ1) is 20.0. The molecule has 1 fully saturated rings. The van der Waals surface area contributed by atoms with E-state index in [9.17, 15) is 9.59 Å². The van der Waals surface area contributed by atoms with Gasteiger partial charge in [-0.15, -0.1) is 0 Å². The summed E-state index contributed by atoms with van der Waals surface area (Å²) >= 11 is 0. The Morgan fingerprint density at radius 2 is 2.08 bits per heavy atom. The topological polar surface area (TPSA) is 78.3 Å². The smallest absolute Gasteiger partial charge is 0.314 e. The summed E-state index contributed by atoms with van der Waals surface area (Å²) in [6.45, 7) is 4.63. The largest absolute Gasteiger partial charge is 0.497 e. The number of amides is 1. The first-order valence-electron chi connectivity index (χ1n) is 9.09. The van der Waals surface area contributed by atoms with Crippen LogP contribution in [0.15, 0.2) is 18.2 Å². The minimum absolute atomic E-state index is 0.0553. The van der Waals surface area contributed by atoms with Gasteiger partial charge in [0.1, 0.15) is 17.4 Å². The number of anilines is 1. The summed E-state index contributed by atoms with van der Waals surface area (Å²) < 4.78 is 15.6. The van der Waals surface area contributed by atoms with E-state index in [-0.39, 0.29) is 17.8 Å². The fourth-order valence-corrected chi connectivity index (χ4v) is 3.25. The third-order valence-electron chi connectivity index (χ3n) is 4.62.